The highest BCUT2D eigenvalue weighted by molar-refractivity contribution is 8.02. The van der Waals surface area contributed by atoms with Crippen molar-refractivity contribution in [2.24, 2.45) is 0 Å². The van der Waals surface area contributed by atoms with Crippen LogP contribution in [0, 0.1) is 0 Å². The number of hydrogen-bond acceptors (Lipinski definition) is 21. The van der Waals surface area contributed by atoms with Gasteiger partial charge in [-0.3, -0.25) is 0 Å². The molecule has 0 unspecified atom stereocenters. The van der Waals surface area contributed by atoms with E-state index in [1.807, 2.05) is 59.1 Å². The molecule has 0 amide bonds. The lowest BCUT2D eigenvalue weighted by Crippen LogP contribution is -2.15. The molecule has 11 heterocycles. The van der Waals surface area contributed by atoms with Crippen molar-refractivity contribution in [1.29, 1.82) is 0 Å². The SMILES string of the molecule is CCCCCCCCCCSc1c(-c2ccc(-c3ccc(-c4sc(-c5ccc(-c6cccs6)s5)c(S(=O)(=O)CCCCCCCCCC)c4S(=O)(=O)CCCCCCCCCC)s3)s2)sc(-c2ccc(-c3ccc(-c4sc(-c5ccc(-c6cccs6)s5)c(S(=O)(=O)CCCCCCCCCC)c4S(=O)(=O)CCCCCCCCCC)s3)s2)c1SCCCCCCCCCC. The van der Waals surface area contributed by atoms with Gasteiger partial charge in [0, 0.05) is 78.1 Å². The molecule has 0 saturated heterocycles. The predicted octanol–water partition coefficient (Wildman–Crippen LogP) is 39.2. The molecule has 0 radical (unpaired) electrons. The zero-order valence-electron chi connectivity index (χ0n) is 77.8. The summed E-state index contributed by atoms with van der Waals surface area (Å²) in [6, 6.07) is 33.8. The van der Waals surface area contributed by atoms with Gasteiger partial charge in [0.25, 0.3) is 0 Å². The van der Waals surface area contributed by atoms with Gasteiger partial charge in [0.15, 0.2) is 39.3 Å². The van der Waals surface area contributed by atoms with E-state index in [4.69, 9.17) is 0 Å². The van der Waals surface area contributed by atoms with Crippen LogP contribution in [0.25, 0.3) is 97.5 Å². The molecule has 0 atom stereocenters. The fourth-order valence-corrected chi connectivity index (χ4v) is 42.3. The first kappa shape index (κ1) is 107. The molecule has 0 N–H and O–H groups in total. The molecule has 0 aliphatic rings. The third-order valence-electron chi connectivity index (χ3n) is 24.3. The molecule has 0 aliphatic heterocycles. The maximum atomic E-state index is 15.7. The van der Waals surface area contributed by atoms with Gasteiger partial charge in [0.2, 0.25) is 0 Å². The monoisotopic (exact) mass is 2060 g/mol. The second-order valence-corrected chi connectivity index (χ2v) is 56.9. The molecular weight excluding hydrogens is 1920 g/mol. The number of rotatable bonds is 70. The molecular formula is C104H144O8S17. The van der Waals surface area contributed by atoms with Gasteiger partial charge in [-0.25, -0.2) is 33.7 Å². The molecule has 11 rings (SSSR count). The van der Waals surface area contributed by atoms with Crippen LogP contribution >= 0.6 is 148 Å². The van der Waals surface area contributed by atoms with E-state index >= 15 is 33.7 Å². The topological polar surface area (TPSA) is 137 Å². The van der Waals surface area contributed by atoms with Gasteiger partial charge in [-0.05, 0) is 146 Å². The summed E-state index contributed by atoms with van der Waals surface area (Å²) >= 11 is 21.7. The van der Waals surface area contributed by atoms with Crippen LogP contribution in [0.5, 0.6) is 0 Å². The standard InChI is InChI=1S/C104H144O8S17/c1-7-13-19-25-31-37-43-49-71-115-99-93(87-65-61-83(119-87)85-63-69-91(121-85)97-103(128(109,110)77-53-47-41-35-29-23-17-11-5)101(126(105,106)75-51-45-39-33-27-21-15-9-3)95(124-97)89-67-59-81(117-89)79-57-55-73-113-79)123-94(100(99)116-72-50-44-38-32-26-20-14-8-2)88-66-62-84(120-88)86-64-70-92(122-86)98-104(129(111,112)78-54-48-42-36-30-24-18-12-6)102(127(107,108)76-52-46-40-34-28-22-16-10-4)96(125-98)90-68-60-82(118-90)80-58-56-74-114-80/h55-70,73-74H,7-54,71-72,75-78H2,1-6H3. The second-order valence-electron chi connectivity index (χ2n) is 35.0. The van der Waals surface area contributed by atoms with Crippen LogP contribution in [0.2, 0.25) is 0 Å². The zero-order chi connectivity index (χ0) is 91.1. The van der Waals surface area contributed by atoms with Gasteiger partial charge in [-0.2, -0.15) is 0 Å². The molecule has 0 aromatic carbocycles. The molecule has 710 valence electrons. The summed E-state index contributed by atoms with van der Waals surface area (Å²) in [4.78, 5) is 21.1. The maximum Gasteiger partial charge on any atom is 0.181 e. The average molecular weight is 2070 g/mol. The molecule has 0 bridgehead atoms. The Hall–Kier alpha value is -2.80. The number of hydrogen-bond donors (Lipinski definition) is 0. The predicted molar refractivity (Wildman–Crippen MR) is 583 cm³/mol. The number of unbranched alkanes of at least 4 members (excludes halogenated alkanes) is 42. The van der Waals surface area contributed by atoms with Crippen LogP contribution in [0.1, 0.15) is 350 Å². The van der Waals surface area contributed by atoms with E-state index in [1.165, 1.54) is 219 Å². The normalized spacial score (nSPS) is 12.4. The molecule has 0 aliphatic carbocycles. The highest BCUT2D eigenvalue weighted by atomic mass is 32.2. The van der Waals surface area contributed by atoms with Gasteiger partial charge in [0.1, 0.15) is 19.6 Å². The van der Waals surface area contributed by atoms with Crippen LogP contribution in [0.15, 0.2) is 137 Å². The lowest BCUT2D eigenvalue weighted by Gasteiger charge is -2.11. The Labute approximate surface area is 831 Å². The Morgan fingerprint density at radius 3 is 0.581 bits per heavy atom. The minimum atomic E-state index is -4.13. The quantitative estimate of drug-likeness (QED) is 0.0268. The van der Waals surface area contributed by atoms with E-state index in [-0.39, 0.29) is 42.6 Å². The molecule has 0 fully saturated rings. The van der Waals surface area contributed by atoms with E-state index < -0.39 is 39.3 Å². The number of thioether (sulfide) groups is 2. The van der Waals surface area contributed by atoms with Crippen LogP contribution in [-0.4, -0.2) is 68.2 Å². The van der Waals surface area contributed by atoms with Gasteiger partial charge in [-0.15, -0.1) is 148 Å². The lowest BCUT2D eigenvalue weighted by molar-refractivity contribution is 0.566. The van der Waals surface area contributed by atoms with Crippen molar-refractivity contribution in [1.82, 2.24) is 0 Å². The smallest absolute Gasteiger partial charge is 0.181 e. The summed E-state index contributed by atoms with van der Waals surface area (Å²) in [7, 11) is -16.5. The van der Waals surface area contributed by atoms with Crippen molar-refractivity contribution < 1.29 is 33.7 Å². The number of thiophene rings is 11. The van der Waals surface area contributed by atoms with Crippen LogP contribution in [0.3, 0.4) is 0 Å². The first-order valence-corrected chi connectivity index (χ1v) is 66.9. The summed E-state index contributed by atoms with van der Waals surface area (Å²) in [5, 5.41) is 4.11. The van der Waals surface area contributed by atoms with E-state index in [1.54, 1.807) is 90.7 Å². The molecule has 0 spiro atoms. The average Bonchev–Trinajstić information content (AvgIpc) is 1.58. The first-order valence-electron chi connectivity index (χ1n) is 49.2. The Morgan fingerprint density at radius 1 is 0.194 bits per heavy atom. The lowest BCUT2D eigenvalue weighted by atomic mass is 10.1. The van der Waals surface area contributed by atoms with Crippen molar-refractivity contribution in [3.63, 3.8) is 0 Å². The largest absolute Gasteiger partial charge is 0.224 e. The summed E-state index contributed by atoms with van der Waals surface area (Å²) in [6.07, 6.45) is 51.7. The van der Waals surface area contributed by atoms with E-state index in [0.717, 1.165) is 186 Å². The van der Waals surface area contributed by atoms with Gasteiger partial charge in [0.05, 0.1) is 52.3 Å². The van der Waals surface area contributed by atoms with E-state index in [0.29, 0.717) is 45.2 Å². The molecule has 11 aromatic rings. The van der Waals surface area contributed by atoms with Crippen molar-refractivity contribution in [3.05, 3.63) is 108 Å². The highest BCUT2D eigenvalue weighted by Crippen LogP contribution is 2.59. The molecule has 8 nitrogen and oxygen atoms in total. The Morgan fingerprint density at radius 2 is 0.372 bits per heavy atom. The fourth-order valence-electron chi connectivity index (χ4n) is 16.9. The first-order chi connectivity index (χ1) is 62.8. The molecule has 0 saturated carbocycles. The zero-order valence-corrected chi connectivity index (χ0v) is 91.7. The third kappa shape index (κ3) is 32.1. The molecule has 129 heavy (non-hydrogen) atoms. The number of sulfone groups is 4. The Kier molecular flexibility index (Phi) is 47.1. The van der Waals surface area contributed by atoms with Crippen molar-refractivity contribution in [3.8, 4) is 97.5 Å². The van der Waals surface area contributed by atoms with Gasteiger partial charge in [-0.1, -0.05) is 323 Å². The summed E-state index contributed by atoms with van der Waals surface area (Å²) in [5.74, 6) is 1.57. The van der Waals surface area contributed by atoms with Gasteiger partial charge < -0.3 is 0 Å². The minimum absolute atomic E-state index is 0.00113. The maximum absolute atomic E-state index is 15.7. The van der Waals surface area contributed by atoms with Crippen molar-refractivity contribution >= 4 is 188 Å². The Balaban J connectivity index is 0.981. The summed E-state index contributed by atoms with van der Waals surface area (Å²) in [5.41, 5.74) is 0. The molecule has 11 aromatic heterocycles. The fraction of sp³-hybridized carbons (Fsp3) is 0.577. The second kappa shape index (κ2) is 56.9. The van der Waals surface area contributed by atoms with Crippen LogP contribution in [0.4, 0.5) is 0 Å². The molecule has 25 heteroatoms. The minimum Gasteiger partial charge on any atom is -0.224 e. The van der Waals surface area contributed by atoms with E-state index in [2.05, 4.69) is 125 Å². The Bertz CT molecular complexity index is 5170. The summed E-state index contributed by atoms with van der Waals surface area (Å²) in [6.45, 7) is 13.4. The van der Waals surface area contributed by atoms with Crippen molar-refractivity contribution in [2.75, 3.05) is 34.5 Å². The van der Waals surface area contributed by atoms with E-state index in [9.17, 15) is 0 Å². The van der Waals surface area contributed by atoms with Crippen molar-refractivity contribution in [2.45, 2.75) is 379 Å². The summed E-state index contributed by atoms with van der Waals surface area (Å²) < 4.78 is 125. The highest BCUT2D eigenvalue weighted by Gasteiger charge is 2.40. The third-order valence-corrected chi connectivity index (χ3v) is 48.9. The van der Waals surface area contributed by atoms with Crippen LogP contribution in [-0.2, 0) is 39.3 Å². The van der Waals surface area contributed by atoms with Gasteiger partial charge >= 0.3 is 0 Å². The van der Waals surface area contributed by atoms with Crippen LogP contribution < -0.4 is 0 Å².